The second kappa shape index (κ2) is 12.3. The van der Waals surface area contributed by atoms with E-state index in [9.17, 15) is 50.6 Å². The fraction of sp³-hybridized carbons (Fsp3) is 0.765. The maximum absolute atomic E-state index is 13.6. The first-order valence-electron chi connectivity index (χ1n) is 9.05. The molecule has 0 heterocycles. The van der Waals surface area contributed by atoms with E-state index in [0.29, 0.717) is 0 Å². The highest BCUT2D eigenvalue weighted by Gasteiger charge is 2.74. The number of carboxylic acid groups (broad SMARTS) is 2. The van der Waals surface area contributed by atoms with E-state index in [1.54, 1.807) is 0 Å². The summed E-state index contributed by atoms with van der Waals surface area (Å²) in [5.41, 5.74) is 0. The van der Waals surface area contributed by atoms with Gasteiger partial charge in [0.05, 0.1) is 13.0 Å². The van der Waals surface area contributed by atoms with Gasteiger partial charge in [0.15, 0.2) is 0 Å². The highest BCUT2D eigenvalue weighted by molar-refractivity contribution is 5.70. The fourth-order valence-electron chi connectivity index (χ4n) is 2.08. The molecule has 0 amide bonds. The van der Waals surface area contributed by atoms with Gasteiger partial charge in [-0.3, -0.25) is 14.4 Å². The third kappa shape index (κ3) is 10.4. The molecule has 0 aromatic heterocycles. The van der Waals surface area contributed by atoms with Crippen molar-refractivity contribution in [1.82, 2.24) is 0 Å². The lowest BCUT2D eigenvalue weighted by Gasteiger charge is -2.31. The van der Waals surface area contributed by atoms with Gasteiger partial charge in [0, 0.05) is 25.2 Å². The number of carbonyl (C=O) groups excluding carboxylic acids is 3. The normalized spacial score (nSPS) is 12.3. The number of ether oxygens (including phenoxy) is 2. The van der Waals surface area contributed by atoms with Gasteiger partial charge in [0.1, 0.15) is 0 Å². The highest BCUT2D eigenvalue weighted by Crippen LogP contribution is 2.48. The van der Waals surface area contributed by atoms with Crippen molar-refractivity contribution < 1.29 is 65.2 Å². The van der Waals surface area contributed by atoms with Gasteiger partial charge in [-0.25, -0.2) is 0 Å². The minimum atomic E-state index is -6.13. The van der Waals surface area contributed by atoms with E-state index in [2.05, 4.69) is 9.47 Å². The molecule has 0 unspecified atom stereocenters. The van der Waals surface area contributed by atoms with Crippen LogP contribution in [0.25, 0.3) is 0 Å². The molecule has 0 bridgehead atoms. The molecule has 31 heavy (non-hydrogen) atoms. The summed E-state index contributed by atoms with van der Waals surface area (Å²) in [5.74, 6) is -17.2. The van der Waals surface area contributed by atoms with Crippen LogP contribution in [-0.2, 0) is 28.7 Å². The molecule has 0 saturated heterocycles. The number of hydrogen-bond donors (Lipinski definition) is 1. The third-order valence-electron chi connectivity index (χ3n) is 3.78. The van der Waals surface area contributed by atoms with Gasteiger partial charge < -0.3 is 24.5 Å². The Hall–Kier alpha value is -2.54. The van der Waals surface area contributed by atoms with E-state index in [4.69, 9.17) is 5.11 Å². The Labute approximate surface area is 172 Å². The lowest BCUT2D eigenvalue weighted by molar-refractivity contribution is -0.386. The molecular formula is C17H21F6O8-. The maximum Gasteiger partial charge on any atom is 0.472 e. The zero-order valence-electron chi connectivity index (χ0n) is 16.1. The van der Waals surface area contributed by atoms with E-state index in [-0.39, 0.29) is 38.5 Å². The summed E-state index contributed by atoms with van der Waals surface area (Å²) >= 11 is 0. The lowest BCUT2D eigenvalue weighted by Crippen LogP contribution is -2.56. The van der Waals surface area contributed by atoms with Crippen LogP contribution in [0, 0.1) is 0 Å². The van der Waals surface area contributed by atoms with E-state index in [1.807, 2.05) is 0 Å². The van der Waals surface area contributed by atoms with Crippen molar-refractivity contribution in [2.75, 3.05) is 6.61 Å². The molecule has 0 aromatic rings. The Morgan fingerprint density at radius 1 is 0.774 bits per heavy atom. The summed E-state index contributed by atoms with van der Waals surface area (Å²) in [7, 11) is 0. The Bertz CT molecular complexity index is 638. The van der Waals surface area contributed by atoms with Crippen LogP contribution in [0.1, 0.15) is 57.8 Å². The molecule has 180 valence electrons. The first kappa shape index (κ1) is 28.5. The molecule has 0 atom stereocenters. The van der Waals surface area contributed by atoms with Crippen LogP contribution >= 0.6 is 0 Å². The summed E-state index contributed by atoms with van der Waals surface area (Å²) in [6.07, 6.45) is -10.4. The highest BCUT2D eigenvalue weighted by atomic mass is 19.3. The van der Waals surface area contributed by atoms with Crippen molar-refractivity contribution in [2.24, 2.45) is 0 Å². The topological polar surface area (TPSA) is 130 Å². The number of rotatable bonds is 16. The molecular weight excluding hydrogens is 446 g/mol. The third-order valence-corrected chi connectivity index (χ3v) is 3.78. The van der Waals surface area contributed by atoms with Crippen molar-refractivity contribution in [2.45, 2.75) is 75.7 Å². The Morgan fingerprint density at radius 3 is 1.77 bits per heavy atom. The molecule has 0 aliphatic carbocycles. The molecule has 0 spiro atoms. The van der Waals surface area contributed by atoms with Crippen molar-refractivity contribution in [3.63, 3.8) is 0 Å². The summed E-state index contributed by atoms with van der Waals surface area (Å²) in [5, 5.41) is 18.5. The van der Waals surface area contributed by atoms with E-state index < -0.39 is 67.7 Å². The van der Waals surface area contributed by atoms with E-state index in [1.165, 1.54) is 0 Å². The second-order valence-corrected chi connectivity index (χ2v) is 6.42. The molecule has 8 nitrogen and oxygen atoms in total. The smallest absolute Gasteiger partial charge is 0.472 e. The van der Waals surface area contributed by atoms with Gasteiger partial charge >= 0.3 is 35.9 Å². The second-order valence-electron chi connectivity index (χ2n) is 6.42. The summed E-state index contributed by atoms with van der Waals surface area (Å²) in [6, 6.07) is 0. The van der Waals surface area contributed by atoms with Crippen LogP contribution in [0.5, 0.6) is 0 Å². The lowest BCUT2D eigenvalue weighted by atomic mass is 10.1. The zero-order chi connectivity index (χ0) is 24.3. The van der Waals surface area contributed by atoms with Gasteiger partial charge in [-0.2, -0.15) is 26.3 Å². The van der Waals surface area contributed by atoms with Crippen molar-refractivity contribution in [3.8, 4) is 0 Å². The van der Waals surface area contributed by atoms with Gasteiger partial charge in [0.25, 0.3) is 0 Å². The first-order valence-corrected chi connectivity index (χ1v) is 9.05. The Kier molecular flexibility index (Phi) is 11.3. The zero-order valence-corrected chi connectivity index (χ0v) is 16.1. The molecule has 0 aliphatic rings. The minimum absolute atomic E-state index is 0.0225. The predicted molar refractivity (Wildman–Crippen MR) is 86.1 cm³/mol. The van der Waals surface area contributed by atoms with E-state index in [0.717, 1.165) is 0 Å². The fourth-order valence-corrected chi connectivity index (χ4v) is 2.08. The number of alkyl halides is 6. The molecule has 0 aliphatic heterocycles. The summed E-state index contributed by atoms with van der Waals surface area (Å²) in [6.45, 7) is -1.34. The first-order chi connectivity index (χ1) is 14.1. The Morgan fingerprint density at radius 2 is 1.26 bits per heavy atom. The van der Waals surface area contributed by atoms with E-state index >= 15 is 0 Å². The van der Waals surface area contributed by atoms with Crippen LogP contribution in [0.3, 0.4) is 0 Å². The molecule has 14 heteroatoms. The quantitative estimate of drug-likeness (QED) is 0.208. The number of esters is 2. The SMILES string of the molecule is O=C([O-])CCCCC(=O)OC(F)(F)C(F)(F)C(F)(F)CCOC(=O)CCCCC(=O)O. The molecule has 1 N–H and O–H groups in total. The molecule has 0 aromatic carbocycles. The largest absolute Gasteiger partial charge is 0.550 e. The number of halogens is 6. The average Bonchev–Trinajstić information content (AvgIpc) is 2.61. The molecule has 0 radical (unpaired) electrons. The van der Waals surface area contributed by atoms with Gasteiger partial charge in [-0.05, 0) is 32.1 Å². The number of unbranched alkanes of at least 4 members (excludes halogenated alkanes) is 2. The predicted octanol–water partition coefficient (Wildman–Crippen LogP) is 2.28. The summed E-state index contributed by atoms with van der Waals surface area (Å²) < 4.78 is 89.0. The standard InChI is InChI=1S/C17H22F6O8/c18-15(19,9-10-30-13(28)7-3-1-5-11(24)25)16(20,21)17(22,23)31-14(29)8-4-2-6-12(26)27/h1-10H2,(H,24,25)(H,26,27)/p-1. The molecule has 0 saturated carbocycles. The number of hydrogen-bond acceptors (Lipinski definition) is 7. The number of carbonyl (C=O) groups is 4. The monoisotopic (exact) mass is 467 g/mol. The van der Waals surface area contributed by atoms with Crippen LogP contribution in [0.4, 0.5) is 26.3 Å². The molecule has 0 fully saturated rings. The Balaban J connectivity index is 4.60. The molecule has 0 rings (SSSR count). The number of carboxylic acids is 2. The van der Waals surface area contributed by atoms with Crippen molar-refractivity contribution >= 4 is 23.9 Å². The van der Waals surface area contributed by atoms with Gasteiger partial charge in [-0.15, -0.1) is 0 Å². The van der Waals surface area contributed by atoms with Gasteiger partial charge in [0.2, 0.25) is 0 Å². The van der Waals surface area contributed by atoms with Crippen molar-refractivity contribution in [1.29, 1.82) is 0 Å². The maximum atomic E-state index is 13.6. The van der Waals surface area contributed by atoms with Gasteiger partial charge in [-0.1, -0.05) is 0 Å². The van der Waals surface area contributed by atoms with Crippen LogP contribution in [-0.4, -0.2) is 53.5 Å². The summed E-state index contributed by atoms with van der Waals surface area (Å²) in [4.78, 5) is 42.9. The van der Waals surface area contributed by atoms with Crippen LogP contribution in [0.2, 0.25) is 0 Å². The number of aliphatic carboxylic acids is 2. The van der Waals surface area contributed by atoms with Crippen LogP contribution in [0.15, 0.2) is 0 Å². The average molecular weight is 467 g/mol. The van der Waals surface area contributed by atoms with Crippen molar-refractivity contribution in [3.05, 3.63) is 0 Å². The minimum Gasteiger partial charge on any atom is -0.550 e. The van der Waals surface area contributed by atoms with Crippen LogP contribution < -0.4 is 5.11 Å².